The van der Waals surface area contributed by atoms with Crippen LogP contribution in [0.4, 0.5) is 0 Å². The third-order valence-corrected chi connectivity index (χ3v) is 7.09. The highest BCUT2D eigenvalue weighted by molar-refractivity contribution is 5.89. The van der Waals surface area contributed by atoms with Gasteiger partial charge in [0.15, 0.2) is 0 Å². The van der Waals surface area contributed by atoms with E-state index in [0.717, 1.165) is 24.8 Å². The zero-order valence-corrected chi connectivity index (χ0v) is 24.4. The number of hydrogen-bond acceptors (Lipinski definition) is 6. The Morgan fingerprint density at radius 1 is 0.675 bits per heavy atom. The molecule has 6 heteroatoms. The van der Waals surface area contributed by atoms with Gasteiger partial charge in [-0.15, -0.1) is 0 Å². The number of unbranched alkanes of at least 4 members (excludes halogenated alkanes) is 2. The fourth-order valence-electron chi connectivity index (χ4n) is 4.11. The molecule has 2 aromatic carbocycles. The van der Waals surface area contributed by atoms with Crippen molar-refractivity contribution in [2.45, 2.75) is 84.3 Å². The standard InChI is InChI=1S/C34H46O6/c1-6-7-8-9-28-10-12-29(13-11-28)14-15-30-16-18-31(19-17-30)20-21-32(22-39-33(37)24(2)26(4)35)23-40-34(38)25(3)27(5)36/h10-13,16-19,26-27,32,35-36H,2-3,6-9,14-15,20-23H2,1,4-5H3. The van der Waals surface area contributed by atoms with Crippen LogP contribution in [0.5, 0.6) is 0 Å². The molecule has 0 saturated carbocycles. The molecule has 0 heterocycles. The first-order valence-electron chi connectivity index (χ1n) is 14.3. The minimum atomic E-state index is -1.01. The third-order valence-electron chi connectivity index (χ3n) is 7.09. The van der Waals surface area contributed by atoms with E-state index in [9.17, 15) is 19.8 Å². The monoisotopic (exact) mass is 550 g/mol. The van der Waals surface area contributed by atoms with Gasteiger partial charge in [0.2, 0.25) is 0 Å². The zero-order chi connectivity index (χ0) is 29.5. The Labute approximate surface area is 239 Å². The smallest absolute Gasteiger partial charge is 0.336 e. The summed E-state index contributed by atoms with van der Waals surface area (Å²) in [6, 6.07) is 17.5. The Hall–Kier alpha value is -3.22. The van der Waals surface area contributed by atoms with Gasteiger partial charge >= 0.3 is 11.9 Å². The van der Waals surface area contributed by atoms with Gasteiger partial charge in [0.25, 0.3) is 0 Å². The molecular formula is C34H46O6. The SMILES string of the molecule is C=C(C(=O)OCC(CCc1ccc(CCc2ccc(CCCCC)cc2)cc1)COC(=O)C(=C)C(C)O)C(C)O. The van der Waals surface area contributed by atoms with Gasteiger partial charge in [0.1, 0.15) is 0 Å². The highest BCUT2D eigenvalue weighted by atomic mass is 16.5. The fraction of sp³-hybridized carbons (Fsp3) is 0.471. The van der Waals surface area contributed by atoms with Gasteiger partial charge in [-0.05, 0) is 74.6 Å². The molecule has 0 saturated heterocycles. The summed E-state index contributed by atoms with van der Waals surface area (Å²) in [5, 5.41) is 19.1. The quantitative estimate of drug-likeness (QED) is 0.140. The summed E-state index contributed by atoms with van der Waals surface area (Å²) < 4.78 is 10.6. The van der Waals surface area contributed by atoms with Crippen molar-refractivity contribution in [1.29, 1.82) is 0 Å². The van der Waals surface area contributed by atoms with E-state index >= 15 is 0 Å². The molecule has 6 nitrogen and oxygen atoms in total. The average molecular weight is 551 g/mol. The molecule has 0 fully saturated rings. The highest BCUT2D eigenvalue weighted by Crippen LogP contribution is 2.17. The normalized spacial score (nSPS) is 13.2. The summed E-state index contributed by atoms with van der Waals surface area (Å²) >= 11 is 0. The predicted octanol–water partition coefficient (Wildman–Crippen LogP) is 5.71. The lowest BCUT2D eigenvalue weighted by Gasteiger charge is -2.19. The molecule has 0 radical (unpaired) electrons. The van der Waals surface area contributed by atoms with Crippen LogP contribution in [0.1, 0.15) is 68.7 Å². The second-order valence-electron chi connectivity index (χ2n) is 10.6. The van der Waals surface area contributed by atoms with E-state index in [-0.39, 0.29) is 30.3 Å². The number of aryl methyl sites for hydroxylation is 4. The van der Waals surface area contributed by atoms with Gasteiger partial charge in [0.05, 0.1) is 36.6 Å². The van der Waals surface area contributed by atoms with Crippen molar-refractivity contribution < 1.29 is 29.3 Å². The first-order valence-corrected chi connectivity index (χ1v) is 14.3. The number of carbonyl (C=O) groups excluding carboxylic acids is 2. The van der Waals surface area contributed by atoms with Crippen molar-refractivity contribution >= 4 is 11.9 Å². The second kappa shape index (κ2) is 17.5. The molecule has 0 amide bonds. The lowest BCUT2D eigenvalue weighted by molar-refractivity contribution is -0.145. The van der Waals surface area contributed by atoms with Crippen LogP contribution in [0.2, 0.25) is 0 Å². The van der Waals surface area contributed by atoms with Gasteiger partial charge in [-0.25, -0.2) is 9.59 Å². The molecule has 0 aliphatic rings. The number of hydrogen-bond donors (Lipinski definition) is 2. The number of rotatable bonds is 18. The first-order chi connectivity index (χ1) is 19.1. The van der Waals surface area contributed by atoms with Gasteiger partial charge in [-0.3, -0.25) is 0 Å². The third kappa shape index (κ3) is 11.9. The maximum atomic E-state index is 12.1. The molecule has 0 aliphatic carbocycles. The molecule has 40 heavy (non-hydrogen) atoms. The Morgan fingerprint density at radius 2 is 1.05 bits per heavy atom. The Balaban J connectivity index is 1.89. The summed E-state index contributed by atoms with van der Waals surface area (Å²) in [4.78, 5) is 24.3. The first kappa shape index (κ1) is 33.0. The molecular weight excluding hydrogens is 504 g/mol. The van der Waals surface area contributed by atoms with Crippen molar-refractivity contribution in [3.05, 3.63) is 95.1 Å². The van der Waals surface area contributed by atoms with Gasteiger partial charge in [-0.2, -0.15) is 0 Å². The van der Waals surface area contributed by atoms with Crippen molar-refractivity contribution in [3.8, 4) is 0 Å². The van der Waals surface area contributed by atoms with Crippen LogP contribution in [0, 0.1) is 5.92 Å². The Bertz CT molecular complexity index is 1050. The molecule has 2 aromatic rings. The van der Waals surface area contributed by atoms with Crippen molar-refractivity contribution in [1.82, 2.24) is 0 Å². The molecule has 2 N–H and O–H groups in total. The largest absolute Gasteiger partial charge is 0.462 e. The minimum Gasteiger partial charge on any atom is -0.462 e. The van der Waals surface area contributed by atoms with Gasteiger partial charge in [-0.1, -0.05) is 81.5 Å². The van der Waals surface area contributed by atoms with E-state index in [1.54, 1.807) is 0 Å². The number of benzene rings is 2. The Kier molecular flexibility index (Phi) is 14.4. The summed E-state index contributed by atoms with van der Waals surface area (Å²) in [7, 11) is 0. The van der Waals surface area contributed by atoms with Crippen LogP contribution in [-0.4, -0.2) is 47.6 Å². The molecule has 2 unspecified atom stereocenters. The molecule has 0 aliphatic heterocycles. The van der Waals surface area contributed by atoms with E-state index < -0.39 is 24.1 Å². The van der Waals surface area contributed by atoms with Gasteiger partial charge in [0, 0.05) is 5.92 Å². The number of aliphatic hydroxyl groups is 2. The van der Waals surface area contributed by atoms with Crippen LogP contribution in [0.3, 0.4) is 0 Å². The number of aliphatic hydroxyl groups excluding tert-OH is 2. The van der Waals surface area contributed by atoms with Crippen LogP contribution in [-0.2, 0) is 44.7 Å². The van der Waals surface area contributed by atoms with Crippen LogP contribution < -0.4 is 0 Å². The van der Waals surface area contributed by atoms with Crippen LogP contribution in [0.15, 0.2) is 72.8 Å². The molecule has 0 spiro atoms. The van der Waals surface area contributed by atoms with Crippen LogP contribution >= 0.6 is 0 Å². The van der Waals surface area contributed by atoms with E-state index in [1.807, 2.05) is 0 Å². The summed E-state index contributed by atoms with van der Waals surface area (Å²) in [6.45, 7) is 12.2. The number of esters is 2. The number of ether oxygens (including phenoxy) is 2. The topological polar surface area (TPSA) is 93.1 Å². The maximum absolute atomic E-state index is 12.1. The van der Waals surface area contributed by atoms with E-state index in [2.05, 4.69) is 68.6 Å². The molecule has 2 atom stereocenters. The second-order valence-corrected chi connectivity index (χ2v) is 10.6. The minimum absolute atomic E-state index is 0.00842. The predicted molar refractivity (Wildman–Crippen MR) is 159 cm³/mol. The molecule has 0 aromatic heterocycles. The lowest BCUT2D eigenvalue weighted by Crippen LogP contribution is -2.25. The zero-order valence-electron chi connectivity index (χ0n) is 24.4. The molecule has 0 bridgehead atoms. The van der Waals surface area contributed by atoms with Gasteiger partial charge < -0.3 is 19.7 Å². The average Bonchev–Trinajstić information content (AvgIpc) is 2.95. The lowest BCUT2D eigenvalue weighted by atomic mass is 9.98. The Morgan fingerprint density at radius 3 is 1.43 bits per heavy atom. The fourth-order valence-corrected chi connectivity index (χ4v) is 4.11. The van der Waals surface area contributed by atoms with Crippen LogP contribution in [0.25, 0.3) is 0 Å². The van der Waals surface area contributed by atoms with Crippen molar-refractivity contribution in [2.24, 2.45) is 5.92 Å². The van der Waals surface area contributed by atoms with Crippen molar-refractivity contribution in [3.63, 3.8) is 0 Å². The van der Waals surface area contributed by atoms with Crippen molar-refractivity contribution in [2.75, 3.05) is 13.2 Å². The van der Waals surface area contributed by atoms with E-state index in [0.29, 0.717) is 12.8 Å². The van der Waals surface area contributed by atoms with E-state index in [4.69, 9.17) is 9.47 Å². The maximum Gasteiger partial charge on any atom is 0.336 e. The number of carbonyl (C=O) groups is 2. The van der Waals surface area contributed by atoms with E-state index in [1.165, 1.54) is 49.8 Å². The summed E-state index contributed by atoms with van der Waals surface area (Å²) in [5.74, 6) is -1.65. The molecule has 218 valence electrons. The summed E-state index contributed by atoms with van der Waals surface area (Å²) in [6.07, 6.45) is 6.16. The highest BCUT2D eigenvalue weighted by Gasteiger charge is 2.20. The summed E-state index contributed by atoms with van der Waals surface area (Å²) in [5.41, 5.74) is 5.08. The molecule has 2 rings (SSSR count).